The molecule has 16 heteroatoms. The van der Waals surface area contributed by atoms with E-state index in [2.05, 4.69) is 10.1 Å². The van der Waals surface area contributed by atoms with Gasteiger partial charge in [0.15, 0.2) is 23.9 Å². The Morgan fingerprint density at radius 1 is 1.09 bits per heavy atom. The number of fused-ring (bicyclic) bond motifs is 1. The van der Waals surface area contributed by atoms with Crippen molar-refractivity contribution in [2.24, 2.45) is 5.92 Å². The van der Waals surface area contributed by atoms with Crippen LogP contribution in [0.1, 0.15) is 50.8 Å². The van der Waals surface area contributed by atoms with Gasteiger partial charge in [0.25, 0.3) is 11.8 Å². The van der Waals surface area contributed by atoms with E-state index >= 15 is 0 Å². The Balaban J connectivity index is 1.42. The quantitative estimate of drug-likeness (QED) is 0.110. The molecule has 1 fully saturated rings. The maximum absolute atomic E-state index is 13.4. The van der Waals surface area contributed by atoms with Gasteiger partial charge in [0.2, 0.25) is 5.91 Å². The van der Waals surface area contributed by atoms with Crippen molar-refractivity contribution in [1.29, 1.82) is 0 Å². The summed E-state index contributed by atoms with van der Waals surface area (Å²) in [5.74, 6) is -3.22. The molecule has 5 rings (SSSR count). The SMILES string of the molecule is COCC(=O)Nc1cccc2c1C(=O)N(CC(=O)O[C@@H](Cc1c(Cl)c[n+]([O-])cc1Cl)c1ccc(OC(F)F)c(OCC3CC3)c1)C2=O. The molecule has 3 aromatic rings. The van der Waals surface area contributed by atoms with E-state index < -0.39 is 43.0 Å². The first-order valence-corrected chi connectivity index (χ1v) is 15.0. The van der Waals surface area contributed by atoms with Crippen LogP contribution in [0.3, 0.4) is 0 Å². The van der Waals surface area contributed by atoms with Crippen molar-refractivity contribution in [3.63, 3.8) is 0 Å². The van der Waals surface area contributed by atoms with Gasteiger partial charge >= 0.3 is 12.6 Å². The molecule has 0 radical (unpaired) electrons. The number of imide groups is 1. The van der Waals surface area contributed by atoms with Crippen molar-refractivity contribution in [3.8, 4) is 11.5 Å². The molecule has 1 aliphatic carbocycles. The molecule has 3 amide bonds. The minimum absolute atomic E-state index is 0.0261. The second kappa shape index (κ2) is 14.5. The highest BCUT2D eigenvalue weighted by atomic mass is 35.5. The number of anilines is 1. The van der Waals surface area contributed by atoms with Gasteiger partial charge in [-0.05, 0) is 48.6 Å². The summed E-state index contributed by atoms with van der Waals surface area (Å²) in [6.07, 6.45) is 2.53. The number of ether oxygens (including phenoxy) is 4. The monoisotopic (exact) mass is 693 g/mol. The van der Waals surface area contributed by atoms with E-state index in [1.807, 2.05) is 0 Å². The first kappa shape index (κ1) is 33.8. The fraction of sp³-hybridized carbons (Fsp3) is 0.323. The fourth-order valence-electron chi connectivity index (χ4n) is 4.89. The van der Waals surface area contributed by atoms with Gasteiger partial charge in [-0.3, -0.25) is 24.1 Å². The molecule has 248 valence electrons. The zero-order valence-corrected chi connectivity index (χ0v) is 26.2. The third kappa shape index (κ3) is 8.07. The first-order chi connectivity index (χ1) is 22.4. The maximum Gasteiger partial charge on any atom is 0.387 e. The Hall–Kier alpha value is -4.53. The van der Waals surface area contributed by atoms with E-state index in [0.29, 0.717) is 9.63 Å². The van der Waals surface area contributed by atoms with E-state index in [4.69, 9.17) is 37.4 Å². The van der Waals surface area contributed by atoms with Crippen LogP contribution in [-0.4, -0.2) is 62.1 Å². The minimum Gasteiger partial charge on any atom is -0.619 e. The molecular formula is C31H27Cl2F2N3O9. The largest absolute Gasteiger partial charge is 0.619 e. The number of hydrogen-bond acceptors (Lipinski definition) is 9. The maximum atomic E-state index is 13.4. The Kier molecular flexibility index (Phi) is 10.4. The highest BCUT2D eigenvalue weighted by Gasteiger charge is 2.39. The number of hydrogen-bond donors (Lipinski definition) is 1. The Labute approximate surface area is 276 Å². The van der Waals surface area contributed by atoms with Crippen LogP contribution < -0.4 is 19.5 Å². The summed E-state index contributed by atoms with van der Waals surface area (Å²) in [5, 5.41) is 14.3. The molecule has 2 aliphatic rings. The second-order valence-corrected chi connectivity index (χ2v) is 11.5. The highest BCUT2D eigenvalue weighted by molar-refractivity contribution is 6.35. The third-order valence-electron chi connectivity index (χ3n) is 7.28. The molecular weight excluding hydrogens is 667 g/mol. The van der Waals surface area contributed by atoms with Crippen LogP contribution in [0.25, 0.3) is 0 Å². The highest BCUT2D eigenvalue weighted by Crippen LogP contribution is 2.38. The molecule has 0 bridgehead atoms. The standard InChI is InChI=1S/C31H27Cl2F2N3O9/c1-44-15-26(39)36-22-4-2-3-18-28(22)30(42)38(29(18)41)13-27(40)46-24(10-19-20(32)11-37(43)12-21(19)33)17-7-8-23(47-31(34)35)25(9-17)45-14-16-5-6-16/h2-4,7-9,11-12,16,24,31H,5-6,10,13-15H2,1H3,(H,36,39)/t24-/m0/s1. The summed E-state index contributed by atoms with van der Waals surface area (Å²) >= 11 is 12.6. The van der Waals surface area contributed by atoms with E-state index in [1.165, 1.54) is 43.5 Å². The number of aromatic nitrogens is 1. The van der Waals surface area contributed by atoms with Crippen LogP contribution in [0.2, 0.25) is 10.0 Å². The Bertz CT molecular complexity index is 1700. The van der Waals surface area contributed by atoms with Gasteiger partial charge in [-0.15, -0.1) is 0 Å². The van der Waals surface area contributed by atoms with E-state index in [-0.39, 0.29) is 75.0 Å². The fourth-order valence-corrected chi connectivity index (χ4v) is 5.48. The van der Waals surface area contributed by atoms with Crippen molar-refractivity contribution < 1.29 is 51.6 Å². The number of halogens is 4. The molecule has 2 heterocycles. The zero-order valence-electron chi connectivity index (χ0n) is 24.7. The predicted molar refractivity (Wildman–Crippen MR) is 162 cm³/mol. The van der Waals surface area contributed by atoms with Gasteiger partial charge in [-0.1, -0.05) is 35.3 Å². The van der Waals surface area contributed by atoms with Crippen LogP contribution in [-0.2, 0) is 25.5 Å². The molecule has 2 aromatic carbocycles. The summed E-state index contributed by atoms with van der Waals surface area (Å²) < 4.78 is 47.6. The lowest BCUT2D eigenvalue weighted by Crippen LogP contribution is -2.36. The molecule has 1 aliphatic heterocycles. The van der Waals surface area contributed by atoms with Gasteiger partial charge < -0.3 is 29.5 Å². The normalized spacial score (nSPS) is 14.6. The van der Waals surface area contributed by atoms with Crippen LogP contribution in [0.5, 0.6) is 11.5 Å². The van der Waals surface area contributed by atoms with Gasteiger partial charge in [0, 0.05) is 19.1 Å². The van der Waals surface area contributed by atoms with Crippen molar-refractivity contribution in [3.05, 3.63) is 86.3 Å². The number of benzene rings is 2. The molecule has 1 saturated carbocycles. The summed E-state index contributed by atoms with van der Waals surface area (Å²) in [7, 11) is 1.32. The number of carbonyl (C=O) groups excluding carboxylic acids is 4. The van der Waals surface area contributed by atoms with E-state index in [0.717, 1.165) is 25.2 Å². The topological polar surface area (TPSA) is 147 Å². The van der Waals surface area contributed by atoms with E-state index in [9.17, 15) is 33.2 Å². The van der Waals surface area contributed by atoms with Crippen LogP contribution in [0.15, 0.2) is 48.8 Å². The van der Waals surface area contributed by atoms with Gasteiger partial charge in [-0.2, -0.15) is 13.5 Å². The lowest BCUT2D eigenvalue weighted by molar-refractivity contribution is -0.605. The molecule has 47 heavy (non-hydrogen) atoms. The molecule has 0 unspecified atom stereocenters. The minimum atomic E-state index is -3.13. The number of methoxy groups -OCH3 is 1. The Morgan fingerprint density at radius 2 is 1.81 bits per heavy atom. The lowest BCUT2D eigenvalue weighted by atomic mass is 10.0. The molecule has 1 N–H and O–H groups in total. The van der Waals surface area contributed by atoms with Crippen molar-refractivity contribution in [1.82, 2.24) is 4.90 Å². The lowest BCUT2D eigenvalue weighted by Gasteiger charge is -2.22. The number of rotatable bonds is 14. The average molecular weight is 694 g/mol. The number of alkyl halides is 2. The number of pyridine rings is 1. The first-order valence-electron chi connectivity index (χ1n) is 14.2. The van der Waals surface area contributed by atoms with Crippen LogP contribution >= 0.6 is 23.2 Å². The number of amides is 3. The summed E-state index contributed by atoms with van der Waals surface area (Å²) in [6.45, 7) is -3.99. The van der Waals surface area contributed by atoms with Crippen LogP contribution in [0.4, 0.5) is 14.5 Å². The average Bonchev–Trinajstić information content (AvgIpc) is 3.80. The third-order valence-corrected chi connectivity index (χ3v) is 7.94. The second-order valence-electron chi connectivity index (χ2n) is 10.7. The molecule has 1 aromatic heterocycles. The number of esters is 1. The van der Waals surface area contributed by atoms with Gasteiger partial charge in [-0.25, -0.2) is 0 Å². The molecule has 1 atom stereocenters. The summed E-state index contributed by atoms with van der Waals surface area (Å²) in [5.41, 5.74) is 0.402. The summed E-state index contributed by atoms with van der Waals surface area (Å²) in [4.78, 5) is 52.7. The summed E-state index contributed by atoms with van der Waals surface area (Å²) in [6, 6.07) is 8.24. The van der Waals surface area contributed by atoms with Crippen molar-refractivity contribution in [2.75, 3.05) is 32.2 Å². The van der Waals surface area contributed by atoms with Gasteiger partial charge in [0.05, 0.1) is 23.4 Å². The zero-order chi connectivity index (χ0) is 33.8. The number of carbonyl (C=O) groups is 4. The number of nitrogens with one attached hydrogen (secondary N) is 1. The molecule has 0 spiro atoms. The van der Waals surface area contributed by atoms with Gasteiger partial charge in [0.1, 0.15) is 29.3 Å². The molecule has 12 nitrogen and oxygen atoms in total. The molecule has 0 saturated heterocycles. The van der Waals surface area contributed by atoms with Crippen molar-refractivity contribution in [2.45, 2.75) is 32.0 Å². The number of nitrogens with zero attached hydrogens (tertiary/aromatic N) is 2. The van der Waals surface area contributed by atoms with E-state index in [1.54, 1.807) is 0 Å². The predicted octanol–water partition coefficient (Wildman–Crippen LogP) is 4.73. The smallest absolute Gasteiger partial charge is 0.387 e. The van der Waals surface area contributed by atoms with Crippen LogP contribution in [0, 0.1) is 11.1 Å². The van der Waals surface area contributed by atoms with Crippen molar-refractivity contribution >= 4 is 52.6 Å². The Morgan fingerprint density at radius 3 is 2.47 bits per heavy atom.